The van der Waals surface area contributed by atoms with Gasteiger partial charge in [-0.25, -0.2) is 9.59 Å². The van der Waals surface area contributed by atoms with E-state index in [0.29, 0.717) is 22.4 Å². The van der Waals surface area contributed by atoms with Gasteiger partial charge in [0.2, 0.25) is 11.8 Å². The molecule has 0 aliphatic heterocycles. The lowest BCUT2D eigenvalue weighted by Gasteiger charge is -2.26. The quantitative estimate of drug-likeness (QED) is 0.0900. The van der Waals surface area contributed by atoms with Crippen LogP contribution in [0.1, 0.15) is 62.3 Å². The first-order valence-corrected chi connectivity index (χ1v) is 18.5. The van der Waals surface area contributed by atoms with Crippen molar-refractivity contribution in [2.75, 3.05) is 25.1 Å². The lowest BCUT2D eigenvalue weighted by Crippen LogP contribution is -2.54. The maximum absolute atomic E-state index is 13.8. The molecule has 52 heavy (non-hydrogen) atoms. The third kappa shape index (κ3) is 15.0. The lowest BCUT2D eigenvalue weighted by atomic mass is 9.92. The van der Waals surface area contributed by atoms with Crippen LogP contribution in [-0.2, 0) is 46.3 Å². The van der Waals surface area contributed by atoms with Gasteiger partial charge in [0.05, 0.1) is 18.5 Å². The van der Waals surface area contributed by atoms with Crippen molar-refractivity contribution in [1.29, 1.82) is 0 Å². The molecule has 14 nitrogen and oxygen atoms in total. The number of amides is 3. The van der Waals surface area contributed by atoms with Crippen molar-refractivity contribution in [3.05, 3.63) is 64.7 Å². The molecule has 1 unspecified atom stereocenters. The van der Waals surface area contributed by atoms with Crippen molar-refractivity contribution < 1.29 is 43.3 Å². The van der Waals surface area contributed by atoms with Crippen LogP contribution in [0.3, 0.4) is 0 Å². The number of nitrogens with one attached hydrogen (secondary N) is 3. The second-order valence-electron chi connectivity index (χ2n) is 13.5. The summed E-state index contributed by atoms with van der Waals surface area (Å²) in [7, 11) is 0. The molecule has 0 radical (unpaired) electrons. The highest BCUT2D eigenvalue weighted by Crippen LogP contribution is 2.23. The molecule has 3 amide bonds. The van der Waals surface area contributed by atoms with E-state index in [2.05, 4.69) is 16.0 Å². The van der Waals surface area contributed by atoms with Crippen LogP contribution in [-0.4, -0.2) is 89.6 Å². The maximum Gasteiger partial charge on any atom is 0.408 e. The number of aryl methyl sites for hydroxylation is 2. The van der Waals surface area contributed by atoms with Gasteiger partial charge in [0.1, 0.15) is 23.4 Å². The van der Waals surface area contributed by atoms with Crippen LogP contribution in [0.4, 0.5) is 4.79 Å². The van der Waals surface area contributed by atoms with Crippen molar-refractivity contribution >= 4 is 47.4 Å². The summed E-state index contributed by atoms with van der Waals surface area (Å²) in [5.74, 6) is -4.48. The number of nitrogens with two attached hydrogens (primary N) is 2. The van der Waals surface area contributed by atoms with Crippen LogP contribution in [0, 0.1) is 19.8 Å². The summed E-state index contributed by atoms with van der Waals surface area (Å²) < 4.78 is 10.7. The number of phenols is 1. The Kier molecular flexibility index (Phi) is 17.8. The Balaban J connectivity index is 2.29. The molecule has 0 heterocycles. The molecule has 15 heteroatoms. The summed E-state index contributed by atoms with van der Waals surface area (Å²) in [4.78, 5) is 79.1. The lowest BCUT2D eigenvalue weighted by molar-refractivity contribution is -0.165. The topological polar surface area (TPSA) is 229 Å². The van der Waals surface area contributed by atoms with Gasteiger partial charge in [0.15, 0.2) is 5.78 Å². The number of carbonyl (C=O) groups excluding carboxylic acids is 6. The number of thioether (sulfide) groups is 1. The number of Topliss-reactive ketones (excluding diaryl/α,β-unsaturated/α-hetero) is 1. The number of phenolic OH excluding ortho intramolecular Hbond substituents is 1. The standard InChI is InChI=1S/C37H53N5O9S/c1-22-16-26(43)17-23(2)27(22)20-30(42-36(49)51-37(3,4)5)33(46)41-28(13-15-52-6)35(48)50-34(47)25(12-14-38)19-31(44)29(40-32(45)21-39)18-24-10-8-7-9-11-24/h7-11,16-17,25,28-30,43H,12-15,18-21,38-39H2,1-6H3,(H,40,45)(H,41,46)(H,42,49)/t25?,28-,29-,30-/m0/s1. The molecule has 2 aromatic rings. The number of hydrogen-bond donors (Lipinski definition) is 6. The fourth-order valence-corrected chi connectivity index (χ4v) is 5.88. The Morgan fingerprint density at radius 1 is 0.846 bits per heavy atom. The van der Waals surface area contributed by atoms with Crippen molar-refractivity contribution in [2.45, 2.75) is 90.4 Å². The van der Waals surface area contributed by atoms with E-state index in [1.807, 2.05) is 6.07 Å². The molecule has 0 saturated heterocycles. The van der Waals surface area contributed by atoms with Crippen molar-refractivity contribution in [2.24, 2.45) is 17.4 Å². The van der Waals surface area contributed by atoms with E-state index in [4.69, 9.17) is 20.9 Å². The van der Waals surface area contributed by atoms with E-state index >= 15 is 0 Å². The number of alkyl carbamates (subject to hydrolysis) is 1. The molecular formula is C37H53N5O9S. The van der Waals surface area contributed by atoms with Gasteiger partial charge in [-0.3, -0.25) is 19.2 Å². The first-order valence-electron chi connectivity index (χ1n) is 17.1. The maximum atomic E-state index is 13.8. The van der Waals surface area contributed by atoms with Crippen LogP contribution < -0.4 is 27.4 Å². The average molecular weight is 744 g/mol. The number of esters is 2. The molecule has 0 aliphatic carbocycles. The fraction of sp³-hybridized carbons (Fsp3) is 0.514. The monoisotopic (exact) mass is 743 g/mol. The molecule has 0 aliphatic rings. The first-order chi connectivity index (χ1) is 24.5. The van der Waals surface area contributed by atoms with E-state index in [1.54, 1.807) is 65.1 Å². The van der Waals surface area contributed by atoms with Gasteiger partial charge >= 0.3 is 18.0 Å². The van der Waals surface area contributed by atoms with E-state index in [1.165, 1.54) is 23.9 Å². The molecule has 2 rings (SSSR count). The van der Waals surface area contributed by atoms with Crippen molar-refractivity contribution in [3.8, 4) is 5.75 Å². The zero-order valence-electron chi connectivity index (χ0n) is 30.8. The van der Waals surface area contributed by atoms with Crippen LogP contribution in [0.25, 0.3) is 0 Å². The summed E-state index contributed by atoms with van der Waals surface area (Å²) in [6, 6.07) is 8.55. The zero-order valence-corrected chi connectivity index (χ0v) is 31.6. The highest BCUT2D eigenvalue weighted by atomic mass is 32.2. The molecule has 286 valence electrons. The number of ether oxygens (including phenoxy) is 2. The number of rotatable bonds is 19. The van der Waals surface area contributed by atoms with Gasteiger partial charge < -0.3 is 42.0 Å². The largest absolute Gasteiger partial charge is 0.508 e. The highest BCUT2D eigenvalue weighted by Gasteiger charge is 2.34. The minimum atomic E-state index is -1.29. The summed E-state index contributed by atoms with van der Waals surface area (Å²) in [6.45, 7) is 8.19. The normalized spacial score (nSPS) is 13.5. The third-order valence-corrected chi connectivity index (χ3v) is 8.64. The molecule has 0 aromatic heterocycles. The fourth-order valence-electron chi connectivity index (χ4n) is 5.40. The number of hydrogen-bond acceptors (Lipinski definition) is 12. The molecule has 0 bridgehead atoms. The van der Waals surface area contributed by atoms with Gasteiger partial charge in [-0.05, 0) is 107 Å². The van der Waals surface area contributed by atoms with Crippen molar-refractivity contribution in [3.63, 3.8) is 0 Å². The van der Waals surface area contributed by atoms with Crippen molar-refractivity contribution in [1.82, 2.24) is 16.0 Å². The minimum Gasteiger partial charge on any atom is -0.508 e. The number of ketones is 1. The third-order valence-electron chi connectivity index (χ3n) is 8.00. The van der Waals surface area contributed by atoms with Crippen LogP contribution in [0.2, 0.25) is 0 Å². The zero-order chi connectivity index (χ0) is 39.0. The second kappa shape index (κ2) is 21.2. The van der Waals surface area contributed by atoms with Gasteiger partial charge in [0.25, 0.3) is 0 Å². The summed E-state index contributed by atoms with van der Waals surface area (Å²) >= 11 is 1.40. The Hall–Kier alpha value is -4.47. The SMILES string of the molecule is CSCC[C@H](NC(=O)[C@H](Cc1c(C)cc(O)cc1C)NC(=O)OC(C)(C)C)C(=O)OC(=O)C(CCN)CC(=O)[C@H](Cc1ccccc1)NC(=O)CN. The Morgan fingerprint density at radius 2 is 1.48 bits per heavy atom. The van der Waals surface area contributed by atoms with Gasteiger partial charge in [-0.15, -0.1) is 0 Å². The van der Waals surface area contributed by atoms with Crippen LogP contribution in [0.15, 0.2) is 42.5 Å². The Morgan fingerprint density at radius 3 is 2.04 bits per heavy atom. The Labute approximate surface area is 309 Å². The van der Waals surface area contributed by atoms with Gasteiger partial charge in [-0.1, -0.05) is 30.3 Å². The second-order valence-corrected chi connectivity index (χ2v) is 14.5. The minimum absolute atomic E-state index is 0.000492. The first kappa shape index (κ1) is 43.7. The molecule has 0 spiro atoms. The predicted molar refractivity (Wildman–Crippen MR) is 198 cm³/mol. The summed E-state index contributed by atoms with van der Waals surface area (Å²) in [5.41, 5.74) is 13.2. The predicted octanol–water partition coefficient (Wildman–Crippen LogP) is 2.36. The van der Waals surface area contributed by atoms with E-state index in [9.17, 15) is 33.9 Å². The molecular weight excluding hydrogens is 690 g/mol. The van der Waals surface area contributed by atoms with Gasteiger partial charge in [0, 0.05) is 12.8 Å². The summed E-state index contributed by atoms with van der Waals surface area (Å²) in [6.07, 6.45) is 0.813. The highest BCUT2D eigenvalue weighted by molar-refractivity contribution is 7.98. The molecule has 2 aromatic carbocycles. The molecule has 4 atom stereocenters. The Bertz CT molecular complexity index is 1520. The average Bonchev–Trinajstić information content (AvgIpc) is 3.06. The molecule has 0 fully saturated rings. The van der Waals surface area contributed by atoms with Crippen LogP contribution >= 0.6 is 11.8 Å². The van der Waals surface area contributed by atoms with E-state index in [-0.39, 0.29) is 50.9 Å². The smallest absolute Gasteiger partial charge is 0.408 e. The van der Waals surface area contributed by atoms with Crippen LogP contribution in [0.5, 0.6) is 5.75 Å². The summed E-state index contributed by atoms with van der Waals surface area (Å²) in [5, 5.41) is 17.8. The number of benzene rings is 2. The number of aromatic hydroxyl groups is 1. The molecule has 8 N–H and O–H groups in total. The molecule has 0 saturated carbocycles. The van der Waals surface area contributed by atoms with Gasteiger partial charge in [-0.2, -0.15) is 11.8 Å². The number of carbonyl (C=O) groups is 6. The van der Waals surface area contributed by atoms with E-state index < -0.39 is 65.3 Å². The van der Waals surface area contributed by atoms with E-state index in [0.717, 1.165) is 5.56 Å².